The van der Waals surface area contributed by atoms with Crippen molar-refractivity contribution in [3.63, 3.8) is 0 Å². The van der Waals surface area contributed by atoms with Gasteiger partial charge in [0.2, 0.25) is 0 Å². The molecule has 1 atom stereocenters. The average molecular weight is 306 g/mol. The van der Waals surface area contributed by atoms with Crippen molar-refractivity contribution in [3.05, 3.63) is 34.3 Å². The van der Waals surface area contributed by atoms with Crippen LogP contribution in [0.4, 0.5) is 0 Å². The molecule has 0 saturated carbocycles. The Balaban J connectivity index is 1.53. The molecule has 21 heavy (non-hydrogen) atoms. The monoisotopic (exact) mass is 306 g/mol. The van der Waals surface area contributed by atoms with Crippen molar-refractivity contribution < 1.29 is 4.74 Å². The van der Waals surface area contributed by atoms with Gasteiger partial charge in [-0.05, 0) is 47.7 Å². The first-order valence-electron chi connectivity index (χ1n) is 7.45. The van der Waals surface area contributed by atoms with E-state index in [2.05, 4.69) is 32.0 Å². The van der Waals surface area contributed by atoms with E-state index in [0.29, 0.717) is 12.5 Å². The van der Waals surface area contributed by atoms with E-state index >= 15 is 0 Å². The van der Waals surface area contributed by atoms with E-state index in [-0.39, 0.29) is 0 Å². The van der Waals surface area contributed by atoms with E-state index in [0.717, 1.165) is 25.3 Å². The van der Waals surface area contributed by atoms with Crippen LogP contribution in [0.1, 0.15) is 24.1 Å². The molecule has 0 unspecified atom stereocenters. The predicted molar refractivity (Wildman–Crippen MR) is 83.1 cm³/mol. The highest BCUT2D eigenvalue weighted by atomic mass is 32.1. The van der Waals surface area contributed by atoms with Crippen LogP contribution in [-0.2, 0) is 24.4 Å². The van der Waals surface area contributed by atoms with Gasteiger partial charge in [-0.15, -0.1) is 5.10 Å². The van der Waals surface area contributed by atoms with Crippen molar-refractivity contribution in [1.82, 2.24) is 19.9 Å². The minimum atomic E-state index is 0.537. The zero-order valence-corrected chi connectivity index (χ0v) is 13.3. The molecule has 0 spiro atoms. The number of nitrogens with zero attached hydrogens (tertiary/aromatic N) is 4. The Hall–Kier alpha value is -1.24. The first-order valence-corrected chi connectivity index (χ1v) is 8.39. The summed E-state index contributed by atoms with van der Waals surface area (Å²) in [6, 6.07) is 2.22. The Morgan fingerprint density at radius 1 is 1.48 bits per heavy atom. The van der Waals surface area contributed by atoms with E-state index in [1.165, 1.54) is 24.9 Å². The van der Waals surface area contributed by atoms with Gasteiger partial charge < -0.3 is 4.74 Å². The maximum Gasteiger partial charge on any atom is 0.108 e. The minimum Gasteiger partial charge on any atom is -0.378 e. The van der Waals surface area contributed by atoms with Gasteiger partial charge in [-0.3, -0.25) is 9.58 Å². The van der Waals surface area contributed by atoms with Gasteiger partial charge in [0.05, 0.1) is 12.8 Å². The summed E-state index contributed by atoms with van der Waals surface area (Å²) in [6.07, 6.45) is 4.55. The molecule has 0 bridgehead atoms. The molecule has 3 heterocycles. The van der Waals surface area contributed by atoms with Crippen LogP contribution in [0.2, 0.25) is 0 Å². The number of hydrogen-bond donors (Lipinski definition) is 0. The molecule has 1 aliphatic heterocycles. The molecule has 0 amide bonds. The zero-order chi connectivity index (χ0) is 14.5. The first kappa shape index (κ1) is 14.7. The van der Waals surface area contributed by atoms with Gasteiger partial charge in [-0.2, -0.15) is 11.3 Å². The van der Waals surface area contributed by atoms with Crippen LogP contribution in [0.3, 0.4) is 0 Å². The summed E-state index contributed by atoms with van der Waals surface area (Å²) in [5.41, 5.74) is 2.34. The van der Waals surface area contributed by atoms with E-state index in [1.807, 2.05) is 10.9 Å². The quantitative estimate of drug-likeness (QED) is 0.822. The number of rotatable bonds is 6. The molecule has 0 N–H and O–H groups in total. The van der Waals surface area contributed by atoms with Crippen LogP contribution < -0.4 is 0 Å². The molecule has 1 aliphatic rings. The summed E-state index contributed by atoms with van der Waals surface area (Å²) in [7, 11) is 1.68. The van der Waals surface area contributed by atoms with Crippen molar-refractivity contribution in [3.8, 4) is 0 Å². The van der Waals surface area contributed by atoms with Gasteiger partial charge in [0, 0.05) is 26.7 Å². The molecular formula is C15H22N4OS. The normalized spacial score (nSPS) is 20.0. The van der Waals surface area contributed by atoms with E-state index in [4.69, 9.17) is 4.74 Å². The van der Waals surface area contributed by atoms with Gasteiger partial charge in [0.15, 0.2) is 0 Å². The fourth-order valence-electron chi connectivity index (χ4n) is 2.99. The van der Waals surface area contributed by atoms with Gasteiger partial charge in [-0.1, -0.05) is 5.21 Å². The number of hydrogen-bond acceptors (Lipinski definition) is 5. The summed E-state index contributed by atoms with van der Waals surface area (Å²) in [5.74, 6) is 0.662. The molecule has 0 radical (unpaired) electrons. The maximum atomic E-state index is 5.08. The average Bonchev–Trinajstić information content (AvgIpc) is 3.12. The van der Waals surface area contributed by atoms with Crippen LogP contribution in [0.25, 0.3) is 0 Å². The van der Waals surface area contributed by atoms with E-state index < -0.39 is 0 Å². The Bertz CT molecular complexity index is 540. The van der Waals surface area contributed by atoms with Gasteiger partial charge in [-0.25, -0.2) is 0 Å². The molecule has 1 saturated heterocycles. The number of thiophene rings is 1. The second kappa shape index (κ2) is 7.15. The van der Waals surface area contributed by atoms with Gasteiger partial charge in [0.1, 0.15) is 5.69 Å². The van der Waals surface area contributed by atoms with E-state index in [9.17, 15) is 0 Å². The second-order valence-electron chi connectivity index (χ2n) is 5.74. The fourth-order valence-corrected chi connectivity index (χ4v) is 3.65. The highest BCUT2D eigenvalue weighted by Gasteiger charge is 2.21. The Kier molecular flexibility index (Phi) is 5.00. The molecule has 5 nitrogen and oxygen atoms in total. The van der Waals surface area contributed by atoms with Gasteiger partial charge >= 0.3 is 0 Å². The Labute approximate surface area is 129 Å². The van der Waals surface area contributed by atoms with Crippen LogP contribution in [0.15, 0.2) is 23.0 Å². The zero-order valence-electron chi connectivity index (χ0n) is 12.4. The molecule has 1 fully saturated rings. The lowest BCUT2D eigenvalue weighted by atomic mass is 9.98. The topological polar surface area (TPSA) is 43.2 Å². The number of piperidine rings is 1. The molecular weight excluding hydrogens is 284 g/mol. The SMILES string of the molecule is COCc1cn(C[C@@H]2CCCN(Cc3ccsc3)C2)nn1. The van der Waals surface area contributed by atoms with Crippen LogP contribution in [0, 0.1) is 5.92 Å². The summed E-state index contributed by atoms with van der Waals surface area (Å²) in [4.78, 5) is 2.56. The number of likely N-dealkylation sites (tertiary alicyclic amines) is 1. The van der Waals surface area contributed by atoms with Crippen molar-refractivity contribution in [2.75, 3.05) is 20.2 Å². The molecule has 0 aromatic carbocycles. The Morgan fingerprint density at radius 3 is 3.24 bits per heavy atom. The third-order valence-electron chi connectivity index (χ3n) is 3.91. The van der Waals surface area contributed by atoms with Crippen LogP contribution in [0.5, 0.6) is 0 Å². The molecule has 114 valence electrons. The highest BCUT2D eigenvalue weighted by Crippen LogP contribution is 2.20. The summed E-state index contributed by atoms with van der Waals surface area (Å²) >= 11 is 1.78. The van der Waals surface area contributed by atoms with Crippen LogP contribution >= 0.6 is 11.3 Å². The second-order valence-corrected chi connectivity index (χ2v) is 6.52. The van der Waals surface area contributed by atoms with E-state index in [1.54, 1.807) is 18.4 Å². The summed E-state index contributed by atoms with van der Waals surface area (Å²) in [6.45, 7) is 4.92. The number of methoxy groups -OCH3 is 1. The summed E-state index contributed by atoms with van der Waals surface area (Å²) < 4.78 is 7.05. The van der Waals surface area contributed by atoms with Crippen molar-refractivity contribution >= 4 is 11.3 Å². The lowest BCUT2D eigenvalue weighted by Crippen LogP contribution is -2.36. The maximum absolute atomic E-state index is 5.08. The smallest absolute Gasteiger partial charge is 0.108 e. The van der Waals surface area contributed by atoms with Crippen LogP contribution in [-0.4, -0.2) is 40.1 Å². The highest BCUT2D eigenvalue weighted by molar-refractivity contribution is 7.07. The lowest BCUT2D eigenvalue weighted by Gasteiger charge is -2.32. The third kappa shape index (κ3) is 4.12. The van der Waals surface area contributed by atoms with Crippen molar-refractivity contribution in [2.45, 2.75) is 32.5 Å². The lowest BCUT2D eigenvalue weighted by molar-refractivity contribution is 0.153. The van der Waals surface area contributed by atoms with Gasteiger partial charge in [0.25, 0.3) is 0 Å². The van der Waals surface area contributed by atoms with Crippen molar-refractivity contribution in [2.24, 2.45) is 5.92 Å². The molecule has 2 aromatic heterocycles. The predicted octanol–water partition coefficient (Wildman–Crippen LogP) is 2.40. The number of ether oxygens (including phenoxy) is 1. The molecule has 3 rings (SSSR count). The molecule has 6 heteroatoms. The fraction of sp³-hybridized carbons (Fsp3) is 0.600. The third-order valence-corrected chi connectivity index (χ3v) is 4.65. The summed E-state index contributed by atoms with van der Waals surface area (Å²) in [5, 5.41) is 12.7. The van der Waals surface area contributed by atoms with Crippen molar-refractivity contribution in [1.29, 1.82) is 0 Å². The largest absolute Gasteiger partial charge is 0.378 e. The molecule has 0 aliphatic carbocycles. The molecule has 2 aromatic rings. The first-order chi connectivity index (χ1) is 10.3. The Morgan fingerprint density at radius 2 is 2.43 bits per heavy atom. The standard InChI is InChI=1S/C15H22N4OS/c1-20-11-15-10-19(17-16-15)9-13-3-2-5-18(7-13)8-14-4-6-21-12-14/h4,6,10,12-13H,2-3,5,7-9,11H2,1H3/t13-/m1/s1. The minimum absolute atomic E-state index is 0.537. The number of aromatic nitrogens is 3.